The summed E-state index contributed by atoms with van der Waals surface area (Å²) >= 11 is 0. The first-order valence-corrected chi connectivity index (χ1v) is 9.26. The third-order valence-electron chi connectivity index (χ3n) is 4.95. The Morgan fingerprint density at radius 1 is 1.27 bits per heavy atom. The summed E-state index contributed by atoms with van der Waals surface area (Å²) < 4.78 is 0. The third kappa shape index (κ3) is 2.32. The molecule has 0 amide bonds. The van der Waals surface area contributed by atoms with Crippen LogP contribution in [0.2, 0.25) is 22.2 Å². The Bertz CT molecular complexity index is 204. The van der Waals surface area contributed by atoms with E-state index in [1.165, 1.54) is 25.7 Å². The molecular formula is C14H30Si. The van der Waals surface area contributed by atoms with Gasteiger partial charge in [0.15, 0.2) is 0 Å². The fourth-order valence-corrected chi connectivity index (χ4v) is 11.3. The maximum absolute atomic E-state index is 2.53. The van der Waals surface area contributed by atoms with Crippen molar-refractivity contribution in [2.75, 3.05) is 0 Å². The first-order chi connectivity index (χ1) is 6.90. The van der Waals surface area contributed by atoms with Gasteiger partial charge >= 0.3 is 0 Å². The van der Waals surface area contributed by atoms with Crippen LogP contribution in [0, 0.1) is 0 Å². The lowest BCUT2D eigenvalue weighted by atomic mass is 10.2. The van der Waals surface area contributed by atoms with E-state index >= 15 is 0 Å². The Labute approximate surface area is 97.9 Å². The van der Waals surface area contributed by atoms with Crippen molar-refractivity contribution in [1.82, 2.24) is 0 Å². The third-order valence-corrected chi connectivity index (χ3v) is 12.5. The zero-order valence-corrected chi connectivity index (χ0v) is 12.7. The van der Waals surface area contributed by atoms with Gasteiger partial charge < -0.3 is 0 Å². The first-order valence-electron chi connectivity index (χ1n) is 6.90. The van der Waals surface area contributed by atoms with Crippen LogP contribution >= 0.6 is 0 Å². The van der Waals surface area contributed by atoms with Gasteiger partial charge in [0.05, 0.1) is 8.07 Å². The van der Waals surface area contributed by atoms with Crippen LogP contribution in [0.1, 0.15) is 67.2 Å². The minimum atomic E-state index is -0.925. The van der Waals surface area contributed by atoms with Crippen molar-refractivity contribution in [1.29, 1.82) is 0 Å². The fourth-order valence-electron chi connectivity index (χ4n) is 3.78. The van der Waals surface area contributed by atoms with Crippen LogP contribution in [0.15, 0.2) is 0 Å². The molecule has 1 aliphatic rings. The Morgan fingerprint density at radius 3 is 2.27 bits per heavy atom. The minimum absolute atomic E-state index is 0.640. The molecule has 0 bridgehead atoms. The quantitative estimate of drug-likeness (QED) is 0.535. The van der Waals surface area contributed by atoms with E-state index in [1.54, 1.807) is 6.04 Å². The molecule has 3 unspecified atom stereocenters. The smallest absolute Gasteiger partial charge is 0.0646 e. The van der Waals surface area contributed by atoms with Crippen LogP contribution in [0.4, 0.5) is 0 Å². The lowest BCUT2D eigenvalue weighted by Crippen LogP contribution is -2.34. The predicted octanol–water partition coefficient (Wildman–Crippen LogP) is 5.61. The van der Waals surface area contributed by atoms with Crippen LogP contribution in [-0.4, -0.2) is 8.07 Å². The highest BCUT2D eigenvalue weighted by atomic mass is 28.3. The average molecular weight is 226 g/mol. The zero-order chi connectivity index (χ0) is 11.7. The van der Waals surface area contributed by atoms with Gasteiger partial charge in [-0.2, -0.15) is 0 Å². The second-order valence-corrected chi connectivity index (χ2v) is 12.4. The van der Waals surface area contributed by atoms with Crippen molar-refractivity contribution in [2.24, 2.45) is 0 Å². The van der Waals surface area contributed by atoms with E-state index in [0.29, 0.717) is 5.04 Å². The van der Waals surface area contributed by atoms with Gasteiger partial charge in [-0.05, 0) is 16.1 Å². The van der Waals surface area contributed by atoms with Crippen molar-refractivity contribution in [3.8, 4) is 0 Å². The van der Waals surface area contributed by atoms with Crippen LogP contribution in [0.3, 0.4) is 0 Å². The molecular weight excluding hydrogens is 196 g/mol. The number of hydrogen-bond acceptors (Lipinski definition) is 0. The van der Waals surface area contributed by atoms with Gasteiger partial charge in [-0.25, -0.2) is 0 Å². The molecule has 0 aliphatic carbocycles. The molecule has 1 saturated heterocycles. The largest absolute Gasteiger partial charge is 0.0654 e. The summed E-state index contributed by atoms with van der Waals surface area (Å²) in [5.74, 6) is 0. The predicted molar refractivity (Wildman–Crippen MR) is 73.3 cm³/mol. The van der Waals surface area contributed by atoms with E-state index in [2.05, 4.69) is 41.5 Å². The summed E-state index contributed by atoms with van der Waals surface area (Å²) in [6.45, 7) is 14.8. The topological polar surface area (TPSA) is 0 Å². The van der Waals surface area contributed by atoms with Crippen molar-refractivity contribution >= 4 is 8.07 Å². The molecule has 90 valence electrons. The monoisotopic (exact) mass is 226 g/mol. The molecule has 0 aromatic heterocycles. The Balaban J connectivity index is 2.68. The maximum atomic E-state index is 2.53. The zero-order valence-electron chi connectivity index (χ0n) is 11.7. The number of unbranched alkanes of at least 4 members (excludes halogenated alkanes) is 1. The molecule has 1 fully saturated rings. The molecule has 0 aromatic carbocycles. The first kappa shape index (κ1) is 13.3. The average Bonchev–Trinajstić information content (AvgIpc) is 2.88. The Hall–Kier alpha value is 0.217. The number of rotatable bonds is 5. The van der Waals surface area contributed by atoms with Crippen LogP contribution in [-0.2, 0) is 0 Å². The van der Waals surface area contributed by atoms with Crippen molar-refractivity contribution in [3.05, 3.63) is 0 Å². The molecule has 1 heteroatoms. The van der Waals surface area contributed by atoms with Crippen LogP contribution in [0.25, 0.3) is 0 Å². The van der Waals surface area contributed by atoms with Crippen molar-refractivity contribution in [3.63, 3.8) is 0 Å². The van der Waals surface area contributed by atoms with E-state index in [0.717, 1.165) is 11.1 Å². The van der Waals surface area contributed by atoms with Gasteiger partial charge in [-0.15, -0.1) is 0 Å². The molecule has 0 nitrogen and oxygen atoms in total. The van der Waals surface area contributed by atoms with Crippen LogP contribution < -0.4 is 0 Å². The summed E-state index contributed by atoms with van der Waals surface area (Å²) in [6, 6.07) is 1.63. The Morgan fingerprint density at radius 2 is 1.87 bits per heavy atom. The van der Waals surface area contributed by atoms with Gasteiger partial charge in [0.25, 0.3) is 0 Å². The van der Waals surface area contributed by atoms with Gasteiger partial charge in [-0.3, -0.25) is 0 Å². The molecule has 0 saturated carbocycles. The standard InChI is InChI=1S/C14H30Si/c1-7-9-10-13-11-15(13,12(3)8-2)14(4,5)6/h12-13H,7-11H2,1-6H3. The molecule has 15 heavy (non-hydrogen) atoms. The summed E-state index contributed by atoms with van der Waals surface area (Å²) in [5, 5.41) is 0.640. The van der Waals surface area contributed by atoms with Crippen molar-refractivity contribution < 1.29 is 0 Å². The lowest BCUT2D eigenvalue weighted by molar-refractivity contribution is 0.669. The molecule has 3 atom stereocenters. The highest BCUT2D eigenvalue weighted by Crippen LogP contribution is 2.69. The number of hydrogen-bond donors (Lipinski definition) is 0. The minimum Gasteiger partial charge on any atom is -0.0654 e. The maximum Gasteiger partial charge on any atom is 0.0646 e. The summed E-state index contributed by atoms with van der Waals surface area (Å²) in [4.78, 5) is 0. The highest BCUT2D eigenvalue weighted by Gasteiger charge is 2.63. The van der Waals surface area contributed by atoms with Gasteiger partial charge in [-0.1, -0.05) is 73.3 Å². The van der Waals surface area contributed by atoms with Gasteiger partial charge in [0, 0.05) is 0 Å². The lowest BCUT2D eigenvalue weighted by Gasteiger charge is -2.36. The summed E-state index contributed by atoms with van der Waals surface area (Å²) in [5.41, 5.74) is 2.20. The van der Waals surface area contributed by atoms with Gasteiger partial charge in [0.1, 0.15) is 0 Å². The van der Waals surface area contributed by atoms with E-state index in [4.69, 9.17) is 0 Å². The second kappa shape index (κ2) is 4.61. The van der Waals surface area contributed by atoms with E-state index in [9.17, 15) is 0 Å². The van der Waals surface area contributed by atoms with Crippen LogP contribution in [0.5, 0.6) is 0 Å². The van der Waals surface area contributed by atoms with Crippen molar-refractivity contribution in [2.45, 2.75) is 89.4 Å². The summed E-state index contributed by atoms with van der Waals surface area (Å²) in [7, 11) is -0.925. The molecule has 0 radical (unpaired) electrons. The summed E-state index contributed by atoms with van der Waals surface area (Å²) in [6.07, 6.45) is 5.79. The van der Waals surface area contributed by atoms with E-state index in [-0.39, 0.29) is 0 Å². The normalized spacial score (nSPS) is 32.8. The fraction of sp³-hybridized carbons (Fsp3) is 1.00. The highest BCUT2D eigenvalue weighted by molar-refractivity contribution is 6.94. The molecule has 1 heterocycles. The molecule has 0 aromatic rings. The second-order valence-electron chi connectivity index (χ2n) is 6.64. The van der Waals surface area contributed by atoms with E-state index in [1.807, 2.05) is 0 Å². The molecule has 1 aliphatic heterocycles. The molecule has 0 N–H and O–H groups in total. The molecule has 0 spiro atoms. The van der Waals surface area contributed by atoms with Gasteiger partial charge in [0.2, 0.25) is 0 Å². The Kier molecular flexibility index (Phi) is 4.08. The van der Waals surface area contributed by atoms with E-state index < -0.39 is 8.07 Å². The SMILES string of the molecule is CCCCC1C[Si]1(C(C)CC)C(C)(C)C. The molecule has 1 rings (SSSR count).